The molecule has 0 aliphatic heterocycles. The van der Waals surface area contributed by atoms with Crippen molar-refractivity contribution in [3.63, 3.8) is 0 Å². The minimum absolute atomic E-state index is 0.282. The van der Waals surface area contributed by atoms with Crippen molar-refractivity contribution in [2.75, 3.05) is 5.75 Å². The van der Waals surface area contributed by atoms with E-state index in [9.17, 15) is 8.78 Å². The van der Waals surface area contributed by atoms with Crippen LogP contribution in [0, 0.1) is 0 Å². The molecule has 0 unspecified atom stereocenters. The lowest BCUT2D eigenvalue weighted by atomic mass is 10.4. The Labute approximate surface area is 84.6 Å². The largest absolute Gasteiger partial charge is 0.267 e. The van der Waals surface area contributed by atoms with Crippen LogP contribution in [0.2, 0.25) is 5.02 Å². The SMILES string of the molecule is FC(F)=CCSc1ccc(Cl)cc1. The zero-order valence-corrected chi connectivity index (χ0v) is 8.21. The summed E-state index contributed by atoms with van der Waals surface area (Å²) in [6.07, 6.45) is -0.749. The predicted octanol–water partition coefficient (Wildman–Crippen LogP) is 4.21. The minimum Gasteiger partial charge on any atom is -0.174 e. The van der Waals surface area contributed by atoms with E-state index < -0.39 is 6.08 Å². The standard InChI is InChI=1S/C9H7ClF2S/c10-7-1-3-8(4-2-7)13-6-5-9(11)12/h1-5H,6H2. The highest BCUT2D eigenvalue weighted by Gasteiger charge is 1.93. The van der Waals surface area contributed by atoms with Gasteiger partial charge in [-0.15, -0.1) is 11.8 Å². The second kappa shape index (κ2) is 5.25. The van der Waals surface area contributed by atoms with Crippen LogP contribution in [0.5, 0.6) is 0 Å². The lowest BCUT2D eigenvalue weighted by Crippen LogP contribution is -1.74. The molecule has 0 atom stereocenters. The summed E-state index contributed by atoms with van der Waals surface area (Å²) in [5.74, 6) is 0.282. The monoisotopic (exact) mass is 220 g/mol. The van der Waals surface area contributed by atoms with Gasteiger partial charge in [-0.05, 0) is 30.3 Å². The van der Waals surface area contributed by atoms with Crippen molar-refractivity contribution in [2.24, 2.45) is 0 Å². The first-order valence-corrected chi connectivity index (χ1v) is 4.94. The van der Waals surface area contributed by atoms with Crippen molar-refractivity contribution >= 4 is 23.4 Å². The third kappa shape index (κ3) is 4.29. The van der Waals surface area contributed by atoms with Crippen molar-refractivity contribution in [3.05, 3.63) is 41.4 Å². The summed E-state index contributed by atoms with van der Waals surface area (Å²) in [6, 6.07) is 7.08. The molecule has 0 radical (unpaired) electrons. The third-order valence-electron chi connectivity index (χ3n) is 1.30. The van der Waals surface area contributed by atoms with Crippen LogP contribution in [-0.2, 0) is 0 Å². The minimum atomic E-state index is -1.64. The Kier molecular flexibility index (Phi) is 4.25. The second-order valence-electron chi connectivity index (χ2n) is 2.26. The number of thioether (sulfide) groups is 1. The molecule has 0 aromatic heterocycles. The molecule has 0 fully saturated rings. The van der Waals surface area contributed by atoms with E-state index in [4.69, 9.17) is 11.6 Å². The number of benzene rings is 1. The third-order valence-corrected chi connectivity index (χ3v) is 2.49. The fourth-order valence-corrected chi connectivity index (χ4v) is 1.59. The van der Waals surface area contributed by atoms with Crippen molar-refractivity contribution in [3.8, 4) is 0 Å². The van der Waals surface area contributed by atoms with Crippen molar-refractivity contribution in [1.29, 1.82) is 0 Å². The summed E-state index contributed by atoms with van der Waals surface area (Å²) in [7, 11) is 0. The fourth-order valence-electron chi connectivity index (χ4n) is 0.732. The molecule has 0 heterocycles. The zero-order valence-electron chi connectivity index (χ0n) is 6.64. The lowest BCUT2D eigenvalue weighted by molar-refractivity contribution is 0.420. The molecular formula is C9H7ClF2S. The van der Waals surface area contributed by atoms with Crippen LogP contribution in [0.3, 0.4) is 0 Å². The smallest absolute Gasteiger partial charge is 0.174 e. The van der Waals surface area contributed by atoms with Crippen LogP contribution in [0.4, 0.5) is 8.78 Å². The van der Waals surface area contributed by atoms with Crippen LogP contribution in [0.15, 0.2) is 41.3 Å². The topological polar surface area (TPSA) is 0 Å². The predicted molar refractivity (Wildman–Crippen MR) is 52.5 cm³/mol. The maximum absolute atomic E-state index is 11.6. The van der Waals surface area contributed by atoms with Crippen LogP contribution < -0.4 is 0 Å². The number of hydrogen-bond acceptors (Lipinski definition) is 1. The number of halogens is 3. The molecule has 70 valence electrons. The molecule has 0 amide bonds. The Morgan fingerprint density at radius 3 is 2.46 bits per heavy atom. The van der Waals surface area contributed by atoms with E-state index in [1.807, 2.05) is 0 Å². The van der Waals surface area contributed by atoms with Gasteiger partial charge in [0.2, 0.25) is 0 Å². The van der Waals surface area contributed by atoms with Crippen LogP contribution in [0.1, 0.15) is 0 Å². The molecule has 0 aliphatic carbocycles. The highest BCUT2D eigenvalue weighted by atomic mass is 35.5. The van der Waals surface area contributed by atoms with Crippen molar-refractivity contribution in [2.45, 2.75) is 4.90 Å². The molecule has 0 saturated heterocycles. The van der Waals surface area contributed by atoms with Crippen molar-refractivity contribution < 1.29 is 8.78 Å². The van der Waals surface area contributed by atoms with Crippen LogP contribution in [0.25, 0.3) is 0 Å². The molecule has 1 aromatic carbocycles. The Hall–Kier alpha value is -0.540. The van der Waals surface area contributed by atoms with Gasteiger partial charge in [0.25, 0.3) is 6.08 Å². The zero-order chi connectivity index (χ0) is 9.68. The summed E-state index contributed by atoms with van der Waals surface area (Å²) in [4.78, 5) is 0.932. The Morgan fingerprint density at radius 1 is 1.31 bits per heavy atom. The van der Waals surface area contributed by atoms with Crippen LogP contribution in [-0.4, -0.2) is 5.75 Å². The Morgan fingerprint density at radius 2 is 1.92 bits per heavy atom. The van der Waals surface area contributed by atoms with E-state index in [0.717, 1.165) is 11.0 Å². The summed E-state index contributed by atoms with van der Waals surface area (Å²) in [5, 5.41) is 0.650. The number of rotatable bonds is 3. The van der Waals surface area contributed by atoms with Gasteiger partial charge in [0.15, 0.2) is 0 Å². The van der Waals surface area contributed by atoms with E-state index in [2.05, 4.69) is 0 Å². The maximum atomic E-state index is 11.6. The molecular weight excluding hydrogens is 214 g/mol. The van der Waals surface area contributed by atoms with Gasteiger partial charge in [0, 0.05) is 15.7 Å². The quantitative estimate of drug-likeness (QED) is 0.688. The molecule has 1 rings (SSSR count). The molecule has 0 saturated carbocycles. The van der Waals surface area contributed by atoms with Gasteiger partial charge < -0.3 is 0 Å². The first-order chi connectivity index (χ1) is 6.18. The van der Waals surface area contributed by atoms with E-state index in [1.165, 1.54) is 11.8 Å². The van der Waals surface area contributed by atoms with Gasteiger partial charge in [0.05, 0.1) is 0 Å². The summed E-state index contributed by atoms with van der Waals surface area (Å²) < 4.78 is 23.3. The second-order valence-corrected chi connectivity index (χ2v) is 3.79. The first kappa shape index (κ1) is 10.5. The van der Waals surface area contributed by atoms with Crippen LogP contribution >= 0.6 is 23.4 Å². The molecule has 0 N–H and O–H groups in total. The molecule has 0 nitrogen and oxygen atoms in total. The Bertz CT molecular complexity index is 291. The Balaban J connectivity index is 2.46. The molecule has 0 bridgehead atoms. The summed E-state index contributed by atoms with van der Waals surface area (Å²) in [6.45, 7) is 0. The van der Waals surface area contributed by atoms with Gasteiger partial charge in [-0.25, -0.2) is 0 Å². The van der Waals surface area contributed by atoms with E-state index in [1.54, 1.807) is 24.3 Å². The van der Waals surface area contributed by atoms with E-state index in [0.29, 0.717) is 5.02 Å². The highest BCUT2D eigenvalue weighted by Crippen LogP contribution is 2.20. The maximum Gasteiger partial charge on any atom is 0.267 e. The molecule has 13 heavy (non-hydrogen) atoms. The van der Waals surface area contributed by atoms with Gasteiger partial charge in [-0.1, -0.05) is 11.6 Å². The highest BCUT2D eigenvalue weighted by molar-refractivity contribution is 7.99. The van der Waals surface area contributed by atoms with Gasteiger partial charge in [0.1, 0.15) is 0 Å². The normalized spacial score (nSPS) is 9.77. The molecule has 0 aliphatic rings. The van der Waals surface area contributed by atoms with Crippen molar-refractivity contribution in [1.82, 2.24) is 0 Å². The first-order valence-electron chi connectivity index (χ1n) is 3.58. The van der Waals surface area contributed by atoms with Gasteiger partial charge >= 0.3 is 0 Å². The summed E-state index contributed by atoms with van der Waals surface area (Å²) in [5.41, 5.74) is 0. The summed E-state index contributed by atoms with van der Waals surface area (Å²) >= 11 is 7.00. The van der Waals surface area contributed by atoms with E-state index >= 15 is 0 Å². The molecule has 4 heteroatoms. The number of hydrogen-bond donors (Lipinski definition) is 0. The lowest BCUT2D eigenvalue weighted by Gasteiger charge is -1.96. The average Bonchev–Trinajstić information content (AvgIpc) is 2.08. The molecule has 0 spiro atoms. The average molecular weight is 221 g/mol. The van der Waals surface area contributed by atoms with E-state index in [-0.39, 0.29) is 5.75 Å². The fraction of sp³-hybridized carbons (Fsp3) is 0.111. The van der Waals surface area contributed by atoms with Gasteiger partial charge in [-0.3, -0.25) is 0 Å². The van der Waals surface area contributed by atoms with Gasteiger partial charge in [-0.2, -0.15) is 8.78 Å². The molecule has 1 aromatic rings.